The van der Waals surface area contributed by atoms with Gasteiger partial charge in [-0.3, -0.25) is 0 Å². The molecule has 2 aromatic rings. The summed E-state index contributed by atoms with van der Waals surface area (Å²) in [4.78, 5) is 0. The summed E-state index contributed by atoms with van der Waals surface area (Å²) >= 11 is 0. The molecule has 0 unspecified atom stereocenters. The van der Waals surface area contributed by atoms with E-state index in [1.807, 2.05) is 31.2 Å². The standard InChI is InChI=1S/C12H12N2O2/c1-9(2)7-15-11-5-3-10(4-6-11)12-14-13-8-16-12/h3-6,8H,1,7H2,2H3. The summed E-state index contributed by atoms with van der Waals surface area (Å²) in [6, 6.07) is 7.48. The van der Waals surface area contributed by atoms with E-state index >= 15 is 0 Å². The quantitative estimate of drug-likeness (QED) is 0.737. The number of hydrogen-bond donors (Lipinski definition) is 0. The van der Waals surface area contributed by atoms with E-state index < -0.39 is 0 Å². The van der Waals surface area contributed by atoms with Crippen molar-refractivity contribution in [3.63, 3.8) is 0 Å². The highest BCUT2D eigenvalue weighted by Crippen LogP contribution is 2.20. The van der Waals surface area contributed by atoms with E-state index in [4.69, 9.17) is 9.15 Å². The van der Waals surface area contributed by atoms with Crippen molar-refractivity contribution in [3.05, 3.63) is 42.8 Å². The van der Waals surface area contributed by atoms with Crippen LogP contribution in [0, 0.1) is 0 Å². The van der Waals surface area contributed by atoms with Crippen LogP contribution in [-0.2, 0) is 0 Å². The lowest BCUT2D eigenvalue weighted by Gasteiger charge is -2.05. The molecular formula is C12H12N2O2. The van der Waals surface area contributed by atoms with E-state index in [0.717, 1.165) is 16.9 Å². The predicted octanol–water partition coefficient (Wildman–Crippen LogP) is 2.69. The molecule has 0 aliphatic heterocycles. The van der Waals surface area contributed by atoms with Crippen molar-refractivity contribution in [1.29, 1.82) is 0 Å². The first-order valence-electron chi connectivity index (χ1n) is 4.89. The lowest BCUT2D eigenvalue weighted by Crippen LogP contribution is -1.97. The van der Waals surface area contributed by atoms with Crippen LogP contribution in [0.3, 0.4) is 0 Å². The van der Waals surface area contributed by atoms with Crippen LogP contribution >= 0.6 is 0 Å². The maximum Gasteiger partial charge on any atom is 0.247 e. The molecule has 0 spiro atoms. The van der Waals surface area contributed by atoms with Crippen LogP contribution in [0.4, 0.5) is 0 Å². The summed E-state index contributed by atoms with van der Waals surface area (Å²) in [5, 5.41) is 7.44. The summed E-state index contributed by atoms with van der Waals surface area (Å²) < 4.78 is 10.6. The van der Waals surface area contributed by atoms with Crippen molar-refractivity contribution in [2.45, 2.75) is 6.92 Å². The molecule has 1 aromatic heterocycles. The second-order valence-corrected chi connectivity index (χ2v) is 3.51. The highest BCUT2D eigenvalue weighted by Gasteiger charge is 2.02. The van der Waals surface area contributed by atoms with Crippen molar-refractivity contribution in [3.8, 4) is 17.2 Å². The normalized spacial score (nSPS) is 10.1. The van der Waals surface area contributed by atoms with E-state index in [2.05, 4.69) is 16.8 Å². The van der Waals surface area contributed by atoms with Gasteiger partial charge in [-0.2, -0.15) is 0 Å². The number of hydrogen-bond acceptors (Lipinski definition) is 4. The van der Waals surface area contributed by atoms with Gasteiger partial charge in [0.15, 0.2) is 0 Å². The molecule has 82 valence electrons. The summed E-state index contributed by atoms with van der Waals surface area (Å²) in [6.45, 7) is 6.22. The molecule has 0 bridgehead atoms. The largest absolute Gasteiger partial charge is 0.489 e. The second kappa shape index (κ2) is 4.61. The SMILES string of the molecule is C=C(C)COc1ccc(-c2nnco2)cc1. The Kier molecular flexibility index (Phi) is 3.00. The van der Waals surface area contributed by atoms with Gasteiger partial charge in [-0.1, -0.05) is 6.58 Å². The van der Waals surface area contributed by atoms with Gasteiger partial charge in [-0.05, 0) is 36.8 Å². The van der Waals surface area contributed by atoms with Crippen LogP contribution in [0.1, 0.15) is 6.92 Å². The van der Waals surface area contributed by atoms with Gasteiger partial charge in [0.05, 0.1) is 0 Å². The van der Waals surface area contributed by atoms with E-state index in [9.17, 15) is 0 Å². The molecule has 0 saturated heterocycles. The van der Waals surface area contributed by atoms with E-state index in [-0.39, 0.29) is 0 Å². The third kappa shape index (κ3) is 2.48. The third-order valence-electron chi connectivity index (χ3n) is 1.95. The molecular weight excluding hydrogens is 204 g/mol. The Labute approximate surface area is 93.6 Å². The first-order chi connectivity index (χ1) is 7.75. The van der Waals surface area contributed by atoms with Gasteiger partial charge in [0.25, 0.3) is 0 Å². The van der Waals surface area contributed by atoms with Gasteiger partial charge >= 0.3 is 0 Å². The fraction of sp³-hybridized carbons (Fsp3) is 0.167. The van der Waals surface area contributed by atoms with Gasteiger partial charge in [-0.15, -0.1) is 10.2 Å². The van der Waals surface area contributed by atoms with E-state index in [0.29, 0.717) is 12.5 Å². The van der Waals surface area contributed by atoms with Crippen LogP contribution in [0.2, 0.25) is 0 Å². The van der Waals surface area contributed by atoms with E-state index in [1.54, 1.807) is 0 Å². The molecule has 1 aromatic carbocycles. The fourth-order valence-corrected chi connectivity index (χ4v) is 1.20. The van der Waals surface area contributed by atoms with Crippen LogP contribution in [0.15, 0.2) is 47.2 Å². The highest BCUT2D eigenvalue weighted by molar-refractivity contribution is 5.53. The van der Waals surface area contributed by atoms with Gasteiger partial charge in [0, 0.05) is 5.56 Å². The Balaban J connectivity index is 2.08. The molecule has 1 heterocycles. The predicted molar refractivity (Wildman–Crippen MR) is 60.0 cm³/mol. The Morgan fingerprint density at radius 3 is 2.69 bits per heavy atom. The average Bonchev–Trinajstić information content (AvgIpc) is 2.80. The zero-order chi connectivity index (χ0) is 11.4. The van der Waals surface area contributed by atoms with Gasteiger partial charge in [0.2, 0.25) is 12.3 Å². The zero-order valence-electron chi connectivity index (χ0n) is 9.01. The first kappa shape index (κ1) is 10.4. The number of rotatable bonds is 4. The molecule has 0 saturated carbocycles. The van der Waals surface area contributed by atoms with Gasteiger partial charge in [0.1, 0.15) is 12.4 Å². The third-order valence-corrected chi connectivity index (χ3v) is 1.95. The molecule has 2 rings (SSSR count). The maximum atomic E-state index is 5.47. The Morgan fingerprint density at radius 2 is 2.12 bits per heavy atom. The molecule has 0 amide bonds. The molecule has 0 aliphatic carbocycles. The average molecular weight is 216 g/mol. The molecule has 0 aliphatic rings. The van der Waals surface area contributed by atoms with Crippen molar-refractivity contribution < 1.29 is 9.15 Å². The topological polar surface area (TPSA) is 48.2 Å². The molecule has 0 fully saturated rings. The fourth-order valence-electron chi connectivity index (χ4n) is 1.20. The monoisotopic (exact) mass is 216 g/mol. The number of benzene rings is 1. The summed E-state index contributed by atoms with van der Waals surface area (Å²) in [5.41, 5.74) is 1.86. The number of ether oxygens (including phenoxy) is 1. The first-order valence-corrected chi connectivity index (χ1v) is 4.89. The Hall–Kier alpha value is -2.10. The van der Waals surface area contributed by atoms with Crippen LogP contribution in [0.5, 0.6) is 5.75 Å². The summed E-state index contributed by atoms with van der Waals surface area (Å²) in [7, 11) is 0. The van der Waals surface area contributed by atoms with Crippen LogP contribution < -0.4 is 4.74 Å². The van der Waals surface area contributed by atoms with Gasteiger partial charge in [-0.25, -0.2) is 0 Å². The minimum Gasteiger partial charge on any atom is -0.489 e. The summed E-state index contributed by atoms with van der Waals surface area (Å²) in [5.74, 6) is 1.30. The minimum atomic E-state index is 0.506. The zero-order valence-corrected chi connectivity index (χ0v) is 9.01. The minimum absolute atomic E-state index is 0.506. The van der Waals surface area contributed by atoms with Crippen LogP contribution in [-0.4, -0.2) is 16.8 Å². The lowest BCUT2D eigenvalue weighted by atomic mass is 10.2. The smallest absolute Gasteiger partial charge is 0.247 e. The van der Waals surface area contributed by atoms with Crippen molar-refractivity contribution in [2.24, 2.45) is 0 Å². The summed E-state index contributed by atoms with van der Waals surface area (Å²) in [6.07, 6.45) is 1.31. The second-order valence-electron chi connectivity index (χ2n) is 3.51. The molecule has 0 atom stereocenters. The molecule has 16 heavy (non-hydrogen) atoms. The highest BCUT2D eigenvalue weighted by atomic mass is 16.5. The molecule has 0 N–H and O–H groups in total. The number of aromatic nitrogens is 2. The van der Waals surface area contributed by atoms with E-state index in [1.165, 1.54) is 6.39 Å². The van der Waals surface area contributed by atoms with Crippen LogP contribution in [0.25, 0.3) is 11.5 Å². The van der Waals surface area contributed by atoms with Crippen molar-refractivity contribution >= 4 is 0 Å². The van der Waals surface area contributed by atoms with Crippen molar-refractivity contribution in [2.75, 3.05) is 6.61 Å². The van der Waals surface area contributed by atoms with Crippen molar-refractivity contribution in [1.82, 2.24) is 10.2 Å². The Morgan fingerprint density at radius 1 is 1.38 bits per heavy atom. The molecule has 4 nitrogen and oxygen atoms in total. The lowest BCUT2D eigenvalue weighted by molar-refractivity contribution is 0.353. The molecule has 0 radical (unpaired) electrons. The maximum absolute atomic E-state index is 5.47. The van der Waals surface area contributed by atoms with Gasteiger partial charge < -0.3 is 9.15 Å². The molecule has 4 heteroatoms. The number of nitrogens with zero attached hydrogens (tertiary/aromatic N) is 2. The Bertz CT molecular complexity index is 460.